The second-order valence-electron chi connectivity index (χ2n) is 3.68. The van der Waals surface area contributed by atoms with Crippen molar-refractivity contribution in [2.45, 2.75) is 0 Å². The molecule has 0 spiro atoms. The minimum atomic E-state index is 0.554. The molecule has 17 heavy (non-hydrogen) atoms. The van der Waals surface area contributed by atoms with Gasteiger partial charge in [0.2, 0.25) is 0 Å². The van der Waals surface area contributed by atoms with E-state index in [9.17, 15) is 0 Å². The van der Waals surface area contributed by atoms with Crippen molar-refractivity contribution in [1.29, 1.82) is 0 Å². The van der Waals surface area contributed by atoms with E-state index in [1.807, 2.05) is 6.07 Å². The number of thiophene rings is 1. The van der Waals surface area contributed by atoms with Gasteiger partial charge >= 0.3 is 0 Å². The van der Waals surface area contributed by atoms with Crippen LogP contribution in [0.4, 0.5) is 5.82 Å². The highest BCUT2D eigenvalue weighted by atomic mass is 32.1. The zero-order valence-corrected chi connectivity index (χ0v) is 10.0. The Bertz CT molecular complexity index is 671. The number of H-pyrrole nitrogens is 1. The number of aromatic nitrogens is 2. The molecule has 5 heteroatoms. The fourth-order valence-electron chi connectivity index (χ4n) is 1.96. The fourth-order valence-corrected chi connectivity index (χ4v) is 2.75. The molecule has 0 atom stereocenters. The van der Waals surface area contributed by atoms with Crippen LogP contribution >= 0.6 is 11.3 Å². The summed E-state index contributed by atoms with van der Waals surface area (Å²) in [5.74, 6) is 1.40. The highest BCUT2D eigenvalue weighted by Crippen LogP contribution is 2.39. The third-order valence-corrected chi connectivity index (χ3v) is 3.63. The number of nitrogen functional groups attached to an aromatic ring is 1. The Morgan fingerprint density at radius 3 is 2.88 bits per heavy atom. The van der Waals surface area contributed by atoms with E-state index in [-0.39, 0.29) is 0 Å². The molecule has 2 heterocycles. The molecule has 2 aromatic heterocycles. The van der Waals surface area contributed by atoms with Gasteiger partial charge in [-0.1, -0.05) is 0 Å². The number of ether oxygens (including phenoxy) is 1. The maximum absolute atomic E-state index is 5.84. The number of hydrogen-bond acceptors (Lipinski definition) is 4. The minimum Gasteiger partial charge on any atom is -0.495 e. The number of aromatic amines is 1. The van der Waals surface area contributed by atoms with Crippen LogP contribution in [0.2, 0.25) is 0 Å². The number of anilines is 1. The summed E-state index contributed by atoms with van der Waals surface area (Å²) >= 11 is 1.69. The fraction of sp³-hybridized carbons (Fsp3) is 0.0833. The lowest BCUT2D eigenvalue weighted by molar-refractivity contribution is 0.421. The van der Waals surface area contributed by atoms with Gasteiger partial charge in [-0.15, -0.1) is 11.3 Å². The van der Waals surface area contributed by atoms with Crippen molar-refractivity contribution in [3.63, 3.8) is 0 Å². The van der Waals surface area contributed by atoms with Gasteiger partial charge in [-0.3, -0.25) is 5.10 Å². The van der Waals surface area contributed by atoms with E-state index in [1.54, 1.807) is 24.6 Å². The molecule has 3 rings (SSSR count). The van der Waals surface area contributed by atoms with Crippen LogP contribution in [0, 0.1) is 0 Å². The van der Waals surface area contributed by atoms with Gasteiger partial charge in [0.1, 0.15) is 11.6 Å². The average Bonchev–Trinajstić information content (AvgIpc) is 2.95. The van der Waals surface area contributed by atoms with E-state index in [4.69, 9.17) is 10.5 Å². The molecule has 3 N–H and O–H groups in total. The number of hydrogen-bond donors (Lipinski definition) is 2. The number of fused-ring (bicyclic) bond motifs is 1. The first-order chi connectivity index (χ1) is 8.31. The van der Waals surface area contributed by atoms with Crippen molar-refractivity contribution in [3.8, 4) is 16.9 Å². The van der Waals surface area contributed by atoms with Crippen molar-refractivity contribution < 1.29 is 4.74 Å². The Hall–Kier alpha value is -2.01. The predicted octanol–water partition coefficient (Wildman–Crippen LogP) is 2.88. The van der Waals surface area contributed by atoms with Crippen LogP contribution in [0.5, 0.6) is 5.75 Å². The van der Waals surface area contributed by atoms with Crippen LogP contribution < -0.4 is 10.5 Å². The van der Waals surface area contributed by atoms with Gasteiger partial charge in [0.15, 0.2) is 0 Å². The average molecular weight is 245 g/mol. The minimum absolute atomic E-state index is 0.554. The molecule has 0 radical (unpaired) electrons. The number of benzene rings is 1. The SMILES string of the molecule is COc1c(-c2cn[nH]c2N)ccc2sccc12. The van der Waals surface area contributed by atoms with Crippen LogP contribution in [-0.4, -0.2) is 17.3 Å². The summed E-state index contributed by atoms with van der Waals surface area (Å²) in [6.07, 6.45) is 1.71. The quantitative estimate of drug-likeness (QED) is 0.729. The Morgan fingerprint density at radius 2 is 2.18 bits per heavy atom. The zero-order chi connectivity index (χ0) is 11.8. The summed E-state index contributed by atoms with van der Waals surface area (Å²) in [6.45, 7) is 0. The molecule has 4 nitrogen and oxygen atoms in total. The summed E-state index contributed by atoms with van der Waals surface area (Å²) in [7, 11) is 1.67. The Kier molecular flexibility index (Phi) is 2.26. The van der Waals surface area contributed by atoms with Crippen molar-refractivity contribution in [1.82, 2.24) is 10.2 Å². The van der Waals surface area contributed by atoms with E-state index in [1.165, 1.54) is 4.70 Å². The number of nitrogens with two attached hydrogens (primary N) is 1. The lowest BCUT2D eigenvalue weighted by atomic mass is 10.1. The number of nitrogens with zero attached hydrogens (tertiary/aromatic N) is 1. The molecule has 0 saturated carbocycles. The van der Waals surface area contributed by atoms with Gasteiger partial charge in [0, 0.05) is 21.2 Å². The maximum Gasteiger partial charge on any atom is 0.135 e. The smallest absolute Gasteiger partial charge is 0.135 e. The van der Waals surface area contributed by atoms with E-state index < -0.39 is 0 Å². The van der Waals surface area contributed by atoms with Crippen molar-refractivity contribution in [2.75, 3.05) is 12.8 Å². The molecule has 86 valence electrons. The molecular weight excluding hydrogens is 234 g/mol. The van der Waals surface area contributed by atoms with E-state index in [0.717, 1.165) is 22.3 Å². The van der Waals surface area contributed by atoms with Gasteiger partial charge in [-0.2, -0.15) is 5.10 Å². The van der Waals surface area contributed by atoms with Crippen molar-refractivity contribution in [2.24, 2.45) is 0 Å². The standard InChI is InChI=1S/C12H11N3OS/c1-16-11-7(9-6-14-15-12(9)13)2-3-10-8(11)4-5-17-10/h2-6H,1H3,(H3,13,14,15). The summed E-state index contributed by atoms with van der Waals surface area (Å²) in [4.78, 5) is 0. The Balaban J connectivity index is 2.33. The van der Waals surface area contributed by atoms with Gasteiger partial charge in [0.05, 0.1) is 13.3 Å². The first kappa shape index (κ1) is 10.2. The lowest BCUT2D eigenvalue weighted by Crippen LogP contribution is -1.91. The van der Waals surface area contributed by atoms with Crippen LogP contribution in [-0.2, 0) is 0 Å². The van der Waals surface area contributed by atoms with Gasteiger partial charge < -0.3 is 10.5 Å². The highest BCUT2D eigenvalue weighted by molar-refractivity contribution is 7.17. The van der Waals surface area contributed by atoms with Gasteiger partial charge in [-0.25, -0.2) is 0 Å². The summed E-state index contributed by atoms with van der Waals surface area (Å²) in [5, 5.41) is 9.83. The summed E-state index contributed by atoms with van der Waals surface area (Å²) < 4.78 is 6.71. The normalized spacial score (nSPS) is 10.9. The van der Waals surface area contributed by atoms with E-state index in [0.29, 0.717) is 5.82 Å². The lowest BCUT2D eigenvalue weighted by Gasteiger charge is -2.08. The molecule has 0 aliphatic rings. The monoisotopic (exact) mass is 245 g/mol. The molecule has 0 saturated heterocycles. The summed E-state index contributed by atoms with van der Waals surface area (Å²) in [5.41, 5.74) is 7.68. The van der Waals surface area contributed by atoms with Gasteiger partial charge in [0.25, 0.3) is 0 Å². The van der Waals surface area contributed by atoms with E-state index >= 15 is 0 Å². The molecule has 0 bridgehead atoms. The van der Waals surface area contributed by atoms with Crippen LogP contribution in [0.1, 0.15) is 0 Å². The molecule has 0 aliphatic heterocycles. The first-order valence-electron chi connectivity index (χ1n) is 5.14. The largest absolute Gasteiger partial charge is 0.495 e. The van der Waals surface area contributed by atoms with E-state index in [2.05, 4.69) is 27.7 Å². The van der Waals surface area contributed by atoms with Crippen LogP contribution in [0.3, 0.4) is 0 Å². The molecule has 0 unspecified atom stereocenters. The zero-order valence-electron chi connectivity index (χ0n) is 9.23. The summed E-state index contributed by atoms with van der Waals surface area (Å²) in [6, 6.07) is 6.14. The first-order valence-corrected chi connectivity index (χ1v) is 6.02. The molecule has 1 aromatic carbocycles. The Morgan fingerprint density at radius 1 is 1.29 bits per heavy atom. The predicted molar refractivity (Wildman–Crippen MR) is 70.4 cm³/mol. The third-order valence-electron chi connectivity index (χ3n) is 2.75. The highest BCUT2D eigenvalue weighted by Gasteiger charge is 2.14. The van der Waals surface area contributed by atoms with Crippen molar-refractivity contribution >= 4 is 27.2 Å². The second-order valence-corrected chi connectivity index (χ2v) is 4.62. The molecular formula is C12H11N3OS. The number of nitrogens with one attached hydrogen (secondary N) is 1. The number of methoxy groups -OCH3 is 1. The second kappa shape index (κ2) is 3.78. The van der Waals surface area contributed by atoms with Crippen molar-refractivity contribution in [3.05, 3.63) is 29.8 Å². The molecule has 0 amide bonds. The number of rotatable bonds is 2. The third kappa shape index (κ3) is 1.47. The molecule has 0 fully saturated rings. The topological polar surface area (TPSA) is 63.9 Å². The van der Waals surface area contributed by atoms with Crippen LogP contribution in [0.15, 0.2) is 29.8 Å². The van der Waals surface area contributed by atoms with Crippen LogP contribution in [0.25, 0.3) is 21.2 Å². The molecule has 3 aromatic rings. The van der Waals surface area contributed by atoms with Gasteiger partial charge in [-0.05, 0) is 23.6 Å². The molecule has 0 aliphatic carbocycles. The maximum atomic E-state index is 5.84. The Labute approximate surface area is 102 Å².